The minimum atomic E-state index is -3.60. The third-order valence-electron chi connectivity index (χ3n) is 4.39. The highest BCUT2D eigenvalue weighted by atomic mass is 32.2. The molecule has 2 aromatic carbocycles. The fourth-order valence-corrected chi connectivity index (χ4v) is 3.82. The number of aryl methyl sites for hydroxylation is 2. The molecule has 0 heterocycles. The predicted octanol–water partition coefficient (Wildman–Crippen LogP) is 2.46. The molecular weight excluding hydrogens is 354 g/mol. The Hall–Kier alpha value is -2.67. The molecule has 0 bridgehead atoms. The number of hydrogen-bond acceptors (Lipinski definition) is 4. The van der Waals surface area contributed by atoms with E-state index in [1.54, 1.807) is 0 Å². The minimum Gasteiger partial charge on any atom is -0.478 e. The Balaban J connectivity index is 1.80. The first-order chi connectivity index (χ1) is 12.2. The van der Waals surface area contributed by atoms with Crippen LogP contribution in [0.1, 0.15) is 33.5 Å². The number of sulfone groups is 1. The van der Waals surface area contributed by atoms with Gasteiger partial charge in [-0.3, -0.25) is 4.79 Å². The number of anilines is 1. The van der Waals surface area contributed by atoms with Gasteiger partial charge in [0.15, 0.2) is 9.84 Å². The van der Waals surface area contributed by atoms with E-state index in [4.69, 9.17) is 5.11 Å². The van der Waals surface area contributed by atoms with Gasteiger partial charge < -0.3 is 10.4 Å². The van der Waals surface area contributed by atoms with Crippen LogP contribution in [0.2, 0.25) is 0 Å². The Labute approximate surface area is 151 Å². The average Bonchev–Trinajstić information content (AvgIpc) is 3.01. The second-order valence-corrected chi connectivity index (χ2v) is 8.52. The molecule has 0 aliphatic heterocycles. The van der Waals surface area contributed by atoms with E-state index in [0.717, 1.165) is 37.1 Å². The number of carbonyl (C=O) groups is 2. The highest BCUT2D eigenvalue weighted by Gasteiger charge is 2.16. The van der Waals surface area contributed by atoms with Crippen LogP contribution in [0.15, 0.2) is 41.3 Å². The van der Waals surface area contributed by atoms with Crippen LogP contribution in [0.3, 0.4) is 0 Å². The summed E-state index contributed by atoms with van der Waals surface area (Å²) in [6.07, 6.45) is 4.34. The highest BCUT2D eigenvalue weighted by Crippen LogP contribution is 2.23. The Morgan fingerprint density at radius 2 is 1.81 bits per heavy atom. The maximum atomic E-state index is 12.3. The zero-order valence-corrected chi connectivity index (χ0v) is 15.1. The second-order valence-electron chi connectivity index (χ2n) is 6.50. The summed E-state index contributed by atoms with van der Waals surface area (Å²) >= 11 is 0. The summed E-state index contributed by atoms with van der Waals surface area (Å²) in [5.74, 6) is -1.59. The first kappa shape index (κ1) is 18.1. The smallest absolute Gasteiger partial charge is 0.335 e. The normalized spacial score (nSPS) is 13.3. The number of fused-ring (bicyclic) bond motifs is 1. The number of aromatic carboxylic acids is 1. The predicted molar refractivity (Wildman–Crippen MR) is 97.3 cm³/mol. The van der Waals surface area contributed by atoms with Crippen LogP contribution in [0, 0.1) is 0 Å². The molecule has 0 radical (unpaired) electrons. The lowest BCUT2D eigenvalue weighted by Crippen LogP contribution is -2.15. The lowest BCUT2D eigenvalue weighted by atomic mass is 10.0. The average molecular weight is 373 g/mol. The van der Waals surface area contributed by atoms with E-state index in [0.29, 0.717) is 0 Å². The van der Waals surface area contributed by atoms with Crippen molar-refractivity contribution in [3.05, 3.63) is 58.7 Å². The fourth-order valence-electron chi connectivity index (χ4n) is 3.13. The van der Waals surface area contributed by atoms with Crippen molar-refractivity contribution >= 4 is 27.4 Å². The number of carboxylic acid groups (broad SMARTS) is 1. The Bertz CT molecular complexity index is 995. The van der Waals surface area contributed by atoms with Crippen LogP contribution in [0.4, 0.5) is 5.69 Å². The van der Waals surface area contributed by atoms with Crippen molar-refractivity contribution in [2.24, 2.45) is 0 Å². The van der Waals surface area contributed by atoms with Crippen molar-refractivity contribution in [3.8, 4) is 0 Å². The van der Waals surface area contributed by atoms with Gasteiger partial charge in [0.25, 0.3) is 0 Å². The lowest BCUT2D eigenvalue weighted by molar-refractivity contribution is -0.115. The molecule has 7 heteroatoms. The molecular formula is C19H19NO5S. The molecule has 6 nitrogen and oxygen atoms in total. The summed E-state index contributed by atoms with van der Waals surface area (Å²) in [4.78, 5) is 23.4. The molecule has 2 aromatic rings. The number of carboxylic acids is 1. The standard InChI is InChI=1S/C19H19NO5S/c1-26(24,25)17-10-15(19(22)23)9-16(11-17)20-18(21)8-12-5-6-13-3-2-4-14(13)7-12/h5-7,9-11H,2-4,8H2,1H3,(H,20,21)(H,22,23). The highest BCUT2D eigenvalue weighted by molar-refractivity contribution is 7.90. The number of amides is 1. The fraction of sp³-hybridized carbons (Fsp3) is 0.263. The van der Waals surface area contributed by atoms with E-state index in [9.17, 15) is 18.0 Å². The van der Waals surface area contributed by atoms with Crippen molar-refractivity contribution in [2.45, 2.75) is 30.6 Å². The number of hydrogen-bond donors (Lipinski definition) is 2. The monoisotopic (exact) mass is 373 g/mol. The van der Waals surface area contributed by atoms with Crippen molar-refractivity contribution in [1.82, 2.24) is 0 Å². The third-order valence-corrected chi connectivity index (χ3v) is 5.48. The number of benzene rings is 2. The van der Waals surface area contributed by atoms with Crippen LogP contribution < -0.4 is 5.32 Å². The van der Waals surface area contributed by atoms with Gasteiger partial charge in [0.1, 0.15) is 0 Å². The molecule has 0 atom stereocenters. The van der Waals surface area contributed by atoms with Crippen LogP contribution in [-0.2, 0) is 33.9 Å². The van der Waals surface area contributed by atoms with Crippen molar-refractivity contribution in [1.29, 1.82) is 0 Å². The molecule has 136 valence electrons. The molecule has 1 aliphatic rings. The Morgan fingerprint density at radius 1 is 1.08 bits per heavy atom. The molecule has 2 N–H and O–H groups in total. The van der Waals surface area contributed by atoms with Crippen molar-refractivity contribution < 1.29 is 23.1 Å². The van der Waals surface area contributed by atoms with Gasteiger partial charge in [-0.1, -0.05) is 18.2 Å². The molecule has 1 amide bonds. The van der Waals surface area contributed by atoms with Gasteiger partial charge in [-0.05, 0) is 54.2 Å². The molecule has 0 spiro atoms. The number of carbonyl (C=O) groups excluding carboxylic acids is 1. The van der Waals surface area contributed by atoms with E-state index < -0.39 is 15.8 Å². The molecule has 3 rings (SSSR count). The maximum Gasteiger partial charge on any atom is 0.335 e. The van der Waals surface area contributed by atoms with Gasteiger partial charge in [0, 0.05) is 11.9 Å². The molecule has 0 unspecified atom stereocenters. The van der Waals surface area contributed by atoms with Crippen LogP contribution in [0.25, 0.3) is 0 Å². The summed E-state index contributed by atoms with van der Waals surface area (Å²) in [5.41, 5.74) is 3.42. The summed E-state index contributed by atoms with van der Waals surface area (Å²) in [6, 6.07) is 9.57. The van der Waals surface area contributed by atoms with E-state index in [1.165, 1.54) is 23.3 Å². The van der Waals surface area contributed by atoms with E-state index in [1.807, 2.05) is 18.2 Å². The maximum absolute atomic E-state index is 12.3. The van der Waals surface area contributed by atoms with Gasteiger partial charge in [-0.2, -0.15) is 0 Å². The first-order valence-electron chi connectivity index (χ1n) is 8.21. The SMILES string of the molecule is CS(=O)(=O)c1cc(NC(=O)Cc2ccc3c(c2)CCC3)cc(C(=O)O)c1. The van der Waals surface area contributed by atoms with Crippen LogP contribution in [-0.4, -0.2) is 31.7 Å². The van der Waals surface area contributed by atoms with E-state index >= 15 is 0 Å². The zero-order valence-electron chi connectivity index (χ0n) is 14.3. The summed E-state index contributed by atoms with van der Waals surface area (Å²) in [6.45, 7) is 0. The topological polar surface area (TPSA) is 101 Å². The lowest BCUT2D eigenvalue weighted by Gasteiger charge is -2.09. The number of rotatable bonds is 5. The van der Waals surface area contributed by atoms with E-state index in [2.05, 4.69) is 5.32 Å². The van der Waals surface area contributed by atoms with Crippen LogP contribution in [0.5, 0.6) is 0 Å². The molecule has 26 heavy (non-hydrogen) atoms. The molecule has 0 aromatic heterocycles. The van der Waals surface area contributed by atoms with Crippen molar-refractivity contribution in [3.63, 3.8) is 0 Å². The van der Waals surface area contributed by atoms with Gasteiger partial charge in [0.2, 0.25) is 5.91 Å². The summed E-state index contributed by atoms with van der Waals surface area (Å²) in [5, 5.41) is 11.7. The first-order valence-corrected chi connectivity index (χ1v) is 10.1. The van der Waals surface area contributed by atoms with E-state index in [-0.39, 0.29) is 28.5 Å². The minimum absolute atomic E-state index is 0.138. The third kappa shape index (κ3) is 4.11. The molecule has 0 saturated carbocycles. The summed E-state index contributed by atoms with van der Waals surface area (Å²) in [7, 11) is -3.60. The van der Waals surface area contributed by atoms with Crippen LogP contribution >= 0.6 is 0 Å². The largest absolute Gasteiger partial charge is 0.478 e. The second kappa shape index (κ2) is 6.92. The summed E-state index contributed by atoms with van der Waals surface area (Å²) < 4.78 is 23.5. The number of nitrogens with one attached hydrogen (secondary N) is 1. The van der Waals surface area contributed by atoms with Gasteiger partial charge in [-0.15, -0.1) is 0 Å². The van der Waals surface area contributed by atoms with Gasteiger partial charge >= 0.3 is 5.97 Å². The van der Waals surface area contributed by atoms with Gasteiger partial charge in [0.05, 0.1) is 16.9 Å². The quantitative estimate of drug-likeness (QED) is 0.838. The Kier molecular flexibility index (Phi) is 4.82. The zero-order chi connectivity index (χ0) is 18.9. The van der Waals surface area contributed by atoms with Gasteiger partial charge in [-0.25, -0.2) is 13.2 Å². The molecule has 0 saturated heterocycles. The molecule has 0 fully saturated rings. The Morgan fingerprint density at radius 3 is 2.50 bits per heavy atom. The molecule has 1 aliphatic carbocycles. The van der Waals surface area contributed by atoms with Crippen molar-refractivity contribution in [2.75, 3.05) is 11.6 Å².